The van der Waals surface area contributed by atoms with E-state index in [2.05, 4.69) is 46.8 Å². The number of hydrogen-bond acceptors (Lipinski definition) is 2. The van der Waals surface area contributed by atoms with Crippen LogP contribution in [0.4, 0.5) is 0 Å². The fourth-order valence-electron chi connectivity index (χ4n) is 2.57. The minimum atomic E-state index is 0.411. The van der Waals surface area contributed by atoms with Crippen molar-refractivity contribution >= 4 is 15.9 Å². The zero-order valence-corrected chi connectivity index (χ0v) is 11.8. The third-order valence-corrected chi connectivity index (χ3v) is 5.00. The van der Waals surface area contributed by atoms with Gasteiger partial charge < -0.3 is 0 Å². The lowest BCUT2D eigenvalue weighted by molar-refractivity contribution is 0.394. The molecule has 3 nitrogen and oxygen atoms in total. The molecule has 0 spiro atoms. The van der Waals surface area contributed by atoms with Crippen molar-refractivity contribution in [3.8, 4) is 0 Å². The van der Waals surface area contributed by atoms with Crippen LogP contribution >= 0.6 is 15.9 Å². The van der Waals surface area contributed by atoms with Gasteiger partial charge in [-0.2, -0.15) is 5.10 Å². The van der Waals surface area contributed by atoms with Crippen LogP contribution < -0.4 is 0 Å². The summed E-state index contributed by atoms with van der Waals surface area (Å²) < 4.78 is 2.05. The molecule has 4 heteroatoms. The first-order chi connectivity index (χ1) is 7.59. The van der Waals surface area contributed by atoms with E-state index in [1.54, 1.807) is 6.33 Å². The van der Waals surface area contributed by atoms with Crippen molar-refractivity contribution in [1.29, 1.82) is 0 Å². The van der Waals surface area contributed by atoms with Gasteiger partial charge in [-0.3, -0.25) is 0 Å². The first kappa shape index (κ1) is 12.1. The number of nitrogens with zero attached hydrogens (tertiary/aromatic N) is 3. The summed E-state index contributed by atoms with van der Waals surface area (Å²) >= 11 is 3.75. The van der Waals surface area contributed by atoms with Gasteiger partial charge >= 0.3 is 0 Å². The van der Waals surface area contributed by atoms with Gasteiger partial charge in [-0.1, -0.05) is 22.9 Å². The van der Waals surface area contributed by atoms with Gasteiger partial charge in [-0.15, -0.1) is 0 Å². The molecule has 90 valence electrons. The second kappa shape index (κ2) is 4.86. The molecule has 0 aromatic carbocycles. The highest BCUT2D eigenvalue weighted by Gasteiger charge is 2.32. The molecule has 0 radical (unpaired) electrons. The standard InChI is InChI=1S/C12H20BrN3/c1-8(2)16-12(14-7-15-16)6-10-4-5-11(13)9(10)3/h7-11H,4-6H2,1-3H3. The molecule has 16 heavy (non-hydrogen) atoms. The van der Waals surface area contributed by atoms with Crippen molar-refractivity contribution in [2.24, 2.45) is 11.8 Å². The number of alkyl halides is 1. The number of halogens is 1. The van der Waals surface area contributed by atoms with Gasteiger partial charge in [0.2, 0.25) is 0 Å². The largest absolute Gasteiger partial charge is 0.248 e. The zero-order chi connectivity index (χ0) is 11.7. The normalized spacial score (nSPS) is 30.2. The van der Waals surface area contributed by atoms with Gasteiger partial charge in [0.1, 0.15) is 12.2 Å². The van der Waals surface area contributed by atoms with E-state index in [1.165, 1.54) is 12.8 Å². The van der Waals surface area contributed by atoms with Crippen LogP contribution in [0.2, 0.25) is 0 Å². The molecule has 1 heterocycles. The van der Waals surface area contributed by atoms with Gasteiger partial charge in [0, 0.05) is 17.3 Å². The number of aromatic nitrogens is 3. The van der Waals surface area contributed by atoms with E-state index in [0.717, 1.165) is 24.1 Å². The highest BCUT2D eigenvalue weighted by atomic mass is 79.9. The maximum atomic E-state index is 4.40. The summed E-state index contributed by atoms with van der Waals surface area (Å²) in [6, 6.07) is 0.411. The van der Waals surface area contributed by atoms with Crippen molar-refractivity contribution in [3.63, 3.8) is 0 Å². The van der Waals surface area contributed by atoms with Gasteiger partial charge in [0.25, 0.3) is 0 Å². The van der Waals surface area contributed by atoms with Crippen LogP contribution in [0.5, 0.6) is 0 Å². The van der Waals surface area contributed by atoms with Crippen LogP contribution in [0.25, 0.3) is 0 Å². The number of rotatable bonds is 3. The van der Waals surface area contributed by atoms with Crippen molar-refractivity contribution in [1.82, 2.24) is 14.8 Å². The highest BCUT2D eigenvalue weighted by molar-refractivity contribution is 9.09. The van der Waals surface area contributed by atoms with E-state index in [4.69, 9.17) is 0 Å². The molecule has 0 amide bonds. The Morgan fingerprint density at radius 1 is 1.50 bits per heavy atom. The molecule has 1 fully saturated rings. The minimum Gasteiger partial charge on any atom is -0.248 e. The Kier molecular flexibility index (Phi) is 3.67. The van der Waals surface area contributed by atoms with E-state index >= 15 is 0 Å². The van der Waals surface area contributed by atoms with Gasteiger partial charge in [-0.25, -0.2) is 9.67 Å². The summed E-state index contributed by atoms with van der Waals surface area (Å²) in [6.07, 6.45) is 5.35. The third kappa shape index (κ3) is 2.31. The molecule has 1 aromatic rings. The summed E-state index contributed by atoms with van der Waals surface area (Å²) in [5.41, 5.74) is 0. The summed E-state index contributed by atoms with van der Waals surface area (Å²) in [7, 11) is 0. The van der Waals surface area contributed by atoms with Crippen LogP contribution in [0.15, 0.2) is 6.33 Å². The predicted molar refractivity (Wildman–Crippen MR) is 68.7 cm³/mol. The first-order valence-electron chi connectivity index (χ1n) is 6.12. The van der Waals surface area contributed by atoms with Crippen LogP contribution in [-0.4, -0.2) is 19.6 Å². The van der Waals surface area contributed by atoms with Crippen LogP contribution in [0.1, 0.15) is 45.5 Å². The second-order valence-electron chi connectivity index (χ2n) is 5.13. The smallest absolute Gasteiger partial charge is 0.138 e. The maximum Gasteiger partial charge on any atom is 0.138 e. The Bertz CT molecular complexity index is 348. The van der Waals surface area contributed by atoms with Gasteiger partial charge in [0.05, 0.1) is 0 Å². The van der Waals surface area contributed by atoms with Crippen molar-refractivity contribution < 1.29 is 0 Å². The van der Waals surface area contributed by atoms with E-state index in [9.17, 15) is 0 Å². The minimum absolute atomic E-state index is 0.411. The molecule has 2 rings (SSSR count). The average Bonchev–Trinajstić information content (AvgIpc) is 2.80. The lowest BCUT2D eigenvalue weighted by atomic mass is 9.94. The monoisotopic (exact) mass is 285 g/mol. The lowest BCUT2D eigenvalue weighted by Gasteiger charge is -2.18. The summed E-state index contributed by atoms with van der Waals surface area (Å²) in [5.74, 6) is 2.65. The molecular formula is C12H20BrN3. The summed E-state index contributed by atoms with van der Waals surface area (Å²) in [5, 5.41) is 4.30. The van der Waals surface area contributed by atoms with Crippen molar-refractivity contribution in [2.45, 2.75) is 50.9 Å². The molecule has 3 unspecified atom stereocenters. The van der Waals surface area contributed by atoms with E-state index in [-0.39, 0.29) is 0 Å². The van der Waals surface area contributed by atoms with E-state index < -0.39 is 0 Å². The lowest BCUT2D eigenvalue weighted by Crippen LogP contribution is -2.17. The Morgan fingerprint density at radius 2 is 2.25 bits per heavy atom. The van der Waals surface area contributed by atoms with E-state index in [0.29, 0.717) is 10.9 Å². The quantitative estimate of drug-likeness (QED) is 0.799. The molecule has 1 saturated carbocycles. The van der Waals surface area contributed by atoms with Gasteiger partial charge in [-0.05, 0) is 38.5 Å². The fourth-order valence-corrected chi connectivity index (χ4v) is 3.26. The fraction of sp³-hybridized carbons (Fsp3) is 0.833. The third-order valence-electron chi connectivity index (χ3n) is 3.71. The van der Waals surface area contributed by atoms with Gasteiger partial charge in [0.15, 0.2) is 0 Å². The molecule has 1 aliphatic rings. The highest BCUT2D eigenvalue weighted by Crippen LogP contribution is 2.38. The molecule has 0 saturated heterocycles. The summed E-state index contributed by atoms with van der Waals surface area (Å²) in [4.78, 5) is 5.08. The summed E-state index contributed by atoms with van der Waals surface area (Å²) in [6.45, 7) is 6.65. The van der Waals surface area contributed by atoms with Crippen LogP contribution in [0.3, 0.4) is 0 Å². The van der Waals surface area contributed by atoms with E-state index in [1.807, 2.05) is 4.68 Å². The Hall–Kier alpha value is -0.380. The number of hydrogen-bond donors (Lipinski definition) is 0. The zero-order valence-electron chi connectivity index (χ0n) is 10.2. The Labute approximate surface area is 106 Å². The molecule has 3 atom stereocenters. The molecule has 0 N–H and O–H groups in total. The molecular weight excluding hydrogens is 266 g/mol. The Balaban J connectivity index is 2.06. The first-order valence-corrected chi connectivity index (χ1v) is 7.03. The predicted octanol–water partition coefficient (Wildman–Crippen LogP) is 3.21. The Morgan fingerprint density at radius 3 is 2.81 bits per heavy atom. The SMILES string of the molecule is CC1C(Br)CCC1Cc1ncnn1C(C)C. The van der Waals surface area contributed by atoms with Crippen LogP contribution in [0, 0.1) is 11.8 Å². The molecule has 1 aliphatic carbocycles. The van der Waals surface area contributed by atoms with Crippen molar-refractivity contribution in [3.05, 3.63) is 12.2 Å². The average molecular weight is 286 g/mol. The molecule has 0 aliphatic heterocycles. The molecule has 1 aromatic heterocycles. The second-order valence-corrected chi connectivity index (χ2v) is 6.31. The molecule has 0 bridgehead atoms. The maximum absolute atomic E-state index is 4.40. The topological polar surface area (TPSA) is 30.7 Å². The van der Waals surface area contributed by atoms with Crippen LogP contribution in [-0.2, 0) is 6.42 Å². The van der Waals surface area contributed by atoms with Crippen molar-refractivity contribution in [2.75, 3.05) is 0 Å².